The van der Waals surface area contributed by atoms with E-state index in [0.29, 0.717) is 17.1 Å². The predicted molar refractivity (Wildman–Crippen MR) is 94.0 cm³/mol. The van der Waals surface area contributed by atoms with Crippen molar-refractivity contribution in [2.45, 2.75) is 20.4 Å². The molecule has 0 atom stereocenters. The summed E-state index contributed by atoms with van der Waals surface area (Å²) >= 11 is 0. The number of rotatable bonds is 3. The van der Waals surface area contributed by atoms with Gasteiger partial charge in [-0.1, -0.05) is 0 Å². The molecule has 0 aromatic carbocycles. The van der Waals surface area contributed by atoms with Crippen molar-refractivity contribution in [1.29, 1.82) is 0 Å². The molecule has 3 heterocycles. The highest BCUT2D eigenvalue weighted by molar-refractivity contribution is 5.96. The number of aromatic nitrogens is 4. The Kier molecular flexibility index (Phi) is 4.44. The molecule has 0 fully saturated rings. The Morgan fingerprint density at radius 2 is 1.85 bits per heavy atom. The van der Waals surface area contributed by atoms with E-state index in [1.165, 1.54) is 29.6 Å². The van der Waals surface area contributed by atoms with Crippen molar-refractivity contribution in [3.05, 3.63) is 50.3 Å². The van der Waals surface area contributed by atoms with Crippen LogP contribution in [0.25, 0.3) is 11.2 Å². The molecule has 0 bridgehead atoms. The van der Waals surface area contributed by atoms with E-state index in [9.17, 15) is 19.2 Å². The van der Waals surface area contributed by atoms with Gasteiger partial charge in [-0.05, 0) is 19.9 Å². The molecule has 11 heteroatoms. The second-order valence-corrected chi connectivity index (χ2v) is 6.08. The molecule has 3 aromatic heterocycles. The van der Waals surface area contributed by atoms with Gasteiger partial charge in [0, 0.05) is 14.1 Å². The summed E-state index contributed by atoms with van der Waals surface area (Å²) in [7, 11) is 2.83. The topological polar surface area (TPSA) is 133 Å². The molecule has 11 nitrogen and oxygen atoms in total. The Labute approximate surface area is 152 Å². The van der Waals surface area contributed by atoms with E-state index in [4.69, 9.17) is 4.42 Å². The molecule has 0 unspecified atom stereocenters. The highest BCUT2D eigenvalue weighted by atomic mass is 16.3. The zero-order valence-electron chi connectivity index (χ0n) is 15.2. The molecule has 3 rings (SSSR count). The van der Waals surface area contributed by atoms with Crippen LogP contribution in [0.15, 0.2) is 26.4 Å². The van der Waals surface area contributed by atoms with Crippen LogP contribution in [-0.4, -0.2) is 30.5 Å². The zero-order valence-corrected chi connectivity index (χ0v) is 15.2. The van der Waals surface area contributed by atoms with Crippen molar-refractivity contribution < 1.29 is 14.0 Å². The van der Waals surface area contributed by atoms with Gasteiger partial charge in [0.05, 0.1) is 11.9 Å². The normalized spacial score (nSPS) is 11.0. The van der Waals surface area contributed by atoms with Crippen LogP contribution in [0.4, 0.5) is 0 Å². The van der Waals surface area contributed by atoms with Crippen LogP contribution in [0, 0.1) is 13.8 Å². The molecule has 0 radical (unpaired) electrons. The van der Waals surface area contributed by atoms with E-state index in [0.717, 1.165) is 4.57 Å². The molecule has 2 amide bonds. The summed E-state index contributed by atoms with van der Waals surface area (Å²) in [6.07, 6.45) is 1.29. The largest absolute Gasteiger partial charge is 0.466 e. The Morgan fingerprint density at radius 3 is 2.48 bits per heavy atom. The maximum Gasteiger partial charge on any atom is 0.332 e. The molecule has 27 heavy (non-hydrogen) atoms. The Morgan fingerprint density at radius 1 is 1.15 bits per heavy atom. The summed E-state index contributed by atoms with van der Waals surface area (Å²) in [5.74, 6) is -0.0810. The number of imidazole rings is 1. The van der Waals surface area contributed by atoms with Gasteiger partial charge in [-0.3, -0.25) is 34.4 Å². The molecule has 3 aromatic rings. The number of amides is 2. The standard InChI is InChI=1S/C16H18N6O5/c1-8-5-10(9(2)27-8)14(24)19-18-11(23)6-22-7-17-13-12(22)15(25)21(4)16(26)20(13)3/h5,7H,6H2,1-4H3,(H,18,23)(H,19,24). The van der Waals surface area contributed by atoms with Gasteiger partial charge in [0.2, 0.25) is 0 Å². The molecule has 2 N–H and O–H groups in total. The Hall–Kier alpha value is -3.63. The molecule has 142 valence electrons. The van der Waals surface area contributed by atoms with Gasteiger partial charge in [0.25, 0.3) is 17.4 Å². The third kappa shape index (κ3) is 3.14. The fourth-order valence-electron chi connectivity index (χ4n) is 2.76. The minimum Gasteiger partial charge on any atom is -0.466 e. The highest BCUT2D eigenvalue weighted by Crippen LogP contribution is 2.12. The monoisotopic (exact) mass is 374 g/mol. The van der Waals surface area contributed by atoms with Gasteiger partial charge in [0.15, 0.2) is 11.2 Å². The van der Waals surface area contributed by atoms with E-state index in [-0.39, 0.29) is 17.7 Å². The van der Waals surface area contributed by atoms with E-state index in [1.54, 1.807) is 19.9 Å². The first-order valence-electron chi connectivity index (χ1n) is 7.97. The van der Waals surface area contributed by atoms with E-state index in [1.807, 2.05) is 0 Å². The number of aryl methyl sites for hydroxylation is 3. The minimum atomic E-state index is -0.573. The third-order valence-corrected chi connectivity index (χ3v) is 4.13. The molecular formula is C16H18N6O5. The number of nitrogens with one attached hydrogen (secondary N) is 2. The molecule has 0 aliphatic heterocycles. The van der Waals surface area contributed by atoms with E-state index < -0.39 is 23.1 Å². The molecule has 0 aliphatic rings. The first-order chi connectivity index (χ1) is 12.7. The number of hydrogen-bond donors (Lipinski definition) is 2. The lowest BCUT2D eigenvalue weighted by Crippen LogP contribution is -2.43. The summed E-state index contributed by atoms with van der Waals surface area (Å²) in [5.41, 5.74) is 4.08. The zero-order chi connectivity index (χ0) is 19.9. The van der Waals surface area contributed by atoms with Crippen LogP contribution in [0.1, 0.15) is 21.9 Å². The smallest absolute Gasteiger partial charge is 0.332 e. The van der Waals surface area contributed by atoms with Crippen molar-refractivity contribution in [2.75, 3.05) is 0 Å². The molecule has 0 saturated carbocycles. The number of nitrogens with zero attached hydrogens (tertiary/aromatic N) is 4. The fourth-order valence-corrected chi connectivity index (χ4v) is 2.76. The molecule has 0 spiro atoms. The summed E-state index contributed by atoms with van der Waals surface area (Å²) in [6.45, 7) is 3.08. The van der Waals surface area contributed by atoms with Crippen LogP contribution in [0.2, 0.25) is 0 Å². The number of hydrogen-bond acceptors (Lipinski definition) is 6. The van der Waals surface area contributed by atoms with Gasteiger partial charge >= 0.3 is 5.69 Å². The van der Waals surface area contributed by atoms with Crippen molar-refractivity contribution in [3.63, 3.8) is 0 Å². The van der Waals surface area contributed by atoms with Crippen molar-refractivity contribution >= 4 is 23.0 Å². The van der Waals surface area contributed by atoms with Crippen LogP contribution in [-0.2, 0) is 25.4 Å². The highest BCUT2D eigenvalue weighted by Gasteiger charge is 2.17. The van der Waals surface area contributed by atoms with Gasteiger partial charge in [-0.15, -0.1) is 0 Å². The number of carbonyl (C=O) groups is 2. The van der Waals surface area contributed by atoms with Crippen molar-refractivity contribution in [1.82, 2.24) is 29.5 Å². The van der Waals surface area contributed by atoms with Crippen molar-refractivity contribution in [3.8, 4) is 0 Å². The number of furan rings is 1. The summed E-state index contributed by atoms with van der Waals surface area (Å²) < 4.78 is 8.74. The van der Waals surface area contributed by atoms with Gasteiger partial charge in [0.1, 0.15) is 18.1 Å². The molecule has 0 saturated heterocycles. The summed E-state index contributed by atoms with van der Waals surface area (Å²) in [6, 6.07) is 1.56. The first kappa shape index (κ1) is 18.2. The van der Waals surface area contributed by atoms with E-state index in [2.05, 4.69) is 15.8 Å². The average molecular weight is 374 g/mol. The van der Waals surface area contributed by atoms with Crippen molar-refractivity contribution in [2.24, 2.45) is 14.1 Å². The Balaban J connectivity index is 1.77. The van der Waals surface area contributed by atoms with Crippen LogP contribution < -0.4 is 22.1 Å². The number of fused-ring (bicyclic) bond motifs is 1. The van der Waals surface area contributed by atoms with Crippen LogP contribution in [0.5, 0.6) is 0 Å². The number of carbonyl (C=O) groups excluding carboxylic acids is 2. The lowest BCUT2D eigenvalue weighted by Gasteiger charge is -2.08. The quantitative estimate of drug-likeness (QED) is 0.571. The maximum absolute atomic E-state index is 12.3. The average Bonchev–Trinajstić information content (AvgIpc) is 3.19. The molecule has 0 aliphatic carbocycles. The summed E-state index contributed by atoms with van der Waals surface area (Å²) in [5, 5.41) is 0. The fraction of sp³-hybridized carbons (Fsp3) is 0.312. The maximum atomic E-state index is 12.3. The molecular weight excluding hydrogens is 356 g/mol. The van der Waals surface area contributed by atoms with Gasteiger partial charge in [-0.2, -0.15) is 0 Å². The lowest BCUT2D eigenvalue weighted by molar-refractivity contribution is -0.122. The first-order valence-corrected chi connectivity index (χ1v) is 7.97. The third-order valence-electron chi connectivity index (χ3n) is 4.13. The second kappa shape index (κ2) is 6.59. The van der Waals surface area contributed by atoms with E-state index >= 15 is 0 Å². The number of hydrazine groups is 1. The second-order valence-electron chi connectivity index (χ2n) is 6.08. The minimum absolute atomic E-state index is 0.113. The predicted octanol–water partition coefficient (Wildman–Crippen LogP) is -0.895. The summed E-state index contributed by atoms with van der Waals surface area (Å²) in [4.78, 5) is 52.5. The Bertz CT molecular complexity index is 1180. The lowest BCUT2D eigenvalue weighted by atomic mass is 10.2. The SMILES string of the molecule is Cc1cc(C(=O)NNC(=O)Cn2cnc3c2c(=O)n(C)c(=O)n3C)c(C)o1. The van der Waals surface area contributed by atoms with Crippen LogP contribution >= 0.6 is 0 Å². The van der Waals surface area contributed by atoms with Gasteiger partial charge < -0.3 is 8.98 Å². The van der Waals surface area contributed by atoms with Crippen LogP contribution in [0.3, 0.4) is 0 Å². The van der Waals surface area contributed by atoms with Gasteiger partial charge in [-0.25, -0.2) is 9.78 Å².